The molecule has 1 aliphatic rings. The predicted molar refractivity (Wildman–Crippen MR) is 108 cm³/mol. The number of anilines is 1. The van der Waals surface area contributed by atoms with Gasteiger partial charge in [0, 0.05) is 50.3 Å². The minimum Gasteiger partial charge on any atom is -0.383 e. The normalized spacial score (nSPS) is 16.6. The molecule has 1 saturated heterocycles. The number of aliphatic hydroxyl groups is 1. The highest BCUT2D eigenvalue weighted by Crippen LogP contribution is 2.31. The average molecular weight is 375 g/mol. The Morgan fingerprint density at radius 2 is 1.61 bits per heavy atom. The molecule has 6 heteroatoms. The molecule has 3 heterocycles. The molecule has 2 aromatic heterocycles. The number of hydrogen-bond donors (Lipinski definition) is 2. The van der Waals surface area contributed by atoms with Gasteiger partial charge in [0.15, 0.2) is 0 Å². The number of benzene rings is 1. The first-order valence-corrected chi connectivity index (χ1v) is 9.66. The average Bonchev–Trinajstić information content (AvgIpc) is 2.76. The maximum atomic E-state index is 10.9. The van der Waals surface area contributed by atoms with Crippen LogP contribution < -0.4 is 5.32 Å². The van der Waals surface area contributed by atoms with Gasteiger partial charge in [-0.15, -0.1) is 0 Å². The van der Waals surface area contributed by atoms with E-state index in [4.69, 9.17) is 0 Å². The lowest BCUT2D eigenvalue weighted by molar-refractivity contribution is -0.0311. The number of piperidine rings is 1. The molecule has 0 amide bonds. The molecule has 1 fully saturated rings. The van der Waals surface area contributed by atoms with Crippen molar-refractivity contribution in [1.82, 2.24) is 19.9 Å². The van der Waals surface area contributed by atoms with Crippen molar-refractivity contribution in [2.45, 2.75) is 31.5 Å². The van der Waals surface area contributed by atoms with E-state index in [1.165, 1.54) is 5.56 Å². The van der Waals surface area contributed by atoms with E-state index >= 15 is 0 Å². The topological polar surface area (TPSA) is 74.2 Å². The molecular formula is C22H25N5O. The molecule has 3 aromatic rings. The van der Waals surface area contributed by atoms with E-state index in [-0.39, 0.29) is 0 Å². The molecule has 0 unspecified atom stereocenters. The van der Waals surface area contributed by atoms with Gasteiger partial charge >= 0.3 is 0 Å². The number of nitrogens with zero attached hydrogens (tertiary/aromatic N) is 4. The fourth-order valence-electron chi connectivity index (χ4n) is 3.54. The van der Waals surface area contributed by atoms with Crippen molar-refractivity contribution in [2.75, 3.05) is 18.4 Å². The van der Waals surface area contributed by atoms with Crippen LogP contribution in [0.4, 0.5) is 5.95 Å². The lowest BCUT2D eigenvalue weighted by Gasteiger charge is -2.37. The fourth-order valence-corrected chi connectivity index (χ4v) is 3.54. The lowest BCUT2D eigenvalue weighted by atomic mass is 9.87. The fraction of sp³-hybridized carbons (Fsp3) is 0.318. The number of rotatable bonds is 6. The molecular weight excluding hydrogens is 350 g/mol. The summed E-state index contributed by atoms with van der Waals surface area (Å²) in [6, 6.07) is 15.9. The van der Waals surface area contributed by atoms with Crippen LogP contribution in [0.2, 0.25) is 0 Å². The van der Waals surface area contributed by atoms with Crippen molar-refractivity contribution in [3.05, 3.63) is 83.9 Å². The van der Waals surface area contributed by atoms with E-state index in [1.807, 2.05) is 48.8 Å². The Morgan fingerprint density at radius 3 is 2.29 bits per heavy atom. The molecule has 1 aromatic carbocycles. The quantitative estimate of drug-likeness (QED) is 0.690. The summed E-state index contributed by atoms with van der Waals surface area (Å²) in [6.45, 7) is 3.14. The van der Waals surface area contributed by atoms with E-state index in [0.29, 0.717) is 25.3 Å². The number of hydrogen-bond acceptors (Lipinski definition) is 6. The second-order valence-corrected chi connectivity index (χ2v) is 7.28. The summed E-state index contributed by atoms with van der Waals surface area (Å²) in [4.78, 5) is 15.5. The maximum Gasteiger partial charge on any atom is 0.222 e. The second kappa shape index (κ2) is 8.46. The third-order valence-electron chi connectivity index (χ3n) is 5.23. The summed E-state index contributed by atoms with van der Waals surface area (Å²) >= 11 is 0. The van der Waals surface area contributed by atoms with Gasteiger partial charge in [0.05, 0.1) is 5.69 Å². The number of likely N-dealkylation sites (tertiary alicyclic amines) is 1. The van der Waals surface area contributed by atoms with Crippen LogP contribution in [0.5, 0.6) is 0 Å². The molecule has 2 N–H and O–H groups in total. The SMILES string of the molecule is OC1(c2ccccn2)CCN(Cc2cnc(NCc3ccccc3)nc2)CC1. The zero-order valence-corrected chi connectivity index (χ0v) is 15.8. The Hall–Kier alpha value is -2.83. The smallest absolute Gasteiger partial charge is 0.222 e. The van der Waals surface area contributed by atoms with Crippen molar-refractivity contribution in [2.24, 2.45) is 0 Å². The predicted octanol–water partition coefficient (Wildman–Crippen LogP) is 2.97. The largest absolute Gasteiger partial charge is 0.383 e. The lowest BCUT2D eigenvalue weighted by Crippen LogP contribution is -2.42. The van der Waals surface area contributed by atoms with Crippen molar-refractivity contribution < 1.29 is 5.11 Å². The zero-order valence-electron chi connectivity index (χ0n) is 15.8. The van der Waals surface area contributed by atoms with Crippen LogP contribution in [0, 0.1) is 0 Å². The van der Waals surface area contributed by atoms with E-state index in [2.05, 4.69) is 37.3 Å². The van der Waals surface area contributed by atoms with Crippen molar-refractivity contribution in [3.8, 4) is 0 Å². The second-order valence-electron chi connectivity index (χ2n) is 7.28. The van der Waals surface area contributed by atoms with Crippen LogP contribution in [-0.2, 0) is 18.7 Å². The Bertz CT molecular complexity index is 862. The Morgan fingerprint density at radius 1 is 0.893 bits per heavy atom. The molecule has 0 bridgehead atoms. The summed E-state index contributed by atoms with van der Waals surface area (Å²) in [5, 5.41) is 14.1. The summed E-state index contributed by atoms with van der Waals surface area (Å²) in [5.41, 5.74) is 2.23. The minimum atomic E-state index is -0.820. The van der Waals surface area contributed by atoms with E-state index in [9.17, 15) is 5.11 Å². The Kier molecular flexibility index (Phi) is 5.60. The van der Waals surface area contributed by atoms with E-state index < -0.39 is 5.60 Å². The first-order valence-electron chi connectivity index (χ1n) is 9.66. The highest BCUT2D eigenvalue weighted by Gasteiger charge is 2.34. The van der Waals surface area contributed by atoms with E-state index in [1.54, 1.807) is 6.20 Å². The monoisotopic (exact) mass is 375 g/mol. The molecule has 0 radical (unpaired) electrons. The highest BCUT2D eigenvalue weighted by atomic mass is 16.3. The minimum absolute atomic E-state index is 0.635. The van der Waals surface area contributed by atoms with Crippen molar-refractivity contribution in [1.29, 1.82) is 0 Å². The van der Waals surface area contributed by atoms with Gasteiger partial charge in [0.2, 0.25) is 5.95 Å². The molecule has 0 spiro atoms. The van der Waals surface area contributed by atoms with Crippen LogP contribution in [0.25, 0.3) is 0 Å². The van der Waals surface area contributed by atoms with Gasteiger partial charge in [-0.05, 0) is 30.5 Å². The zero-order chi connectivity index (χ0) is 19.2. The third-order valence-corrected chi connectivity index (χ3v) is 5.23. The number of aromatic nitrogens is 3. The van der Waals surface area contributed by atoms with Gasteiger partial charge in [-0.2, -0.15) is 0 Å². The van der Waals surface area contributed by atoms with Crippen LogP contribution in [0.15, 0.2) is 67.1 Å². The molecule has 144 valence electrons. The molecule has 0 saturated carbocycles. The van der Waals surface area contributed by atoms with Crippen molar-refractivity contribution >= 4 is 5.95 Å². The van der Waals surface area contributed by atoms with Crippen LogP contribution in [-0.4, -0.2) is 38.0 Å². The standard InChI is InChI=1S/C22H25N5O/c28-22(20-8-4-5-11-23-20)9-12-27(13-10-22)17-19-15-25-21(26-16-19)24-14-18-6-2-1-3-7-18/h1-8,11,15-16,28H,9-10,12-14,17H2,(H,24,25,26). The molecule has 6 nitrogen and oxygen atoms in total. The molecule has 4 rings (SSSR count). The van der Waals surface area contributed by atoms with Gasteiger partial charge in [-0.3, -0.25) is 9.88 Å². The first kappa shape index (κ1) is 18.5. The van der Waals surface area contributed by atoms with Gasteiger partial charge in [-0.1, -0.05) is 36.4 Å². The van der Waals surface area contributed by atoms with Gasteiger partial charge < -0.3 is 10.4 Å². The number of pyridine rings is 1. The first-order chi connectivity index (χ1) is 13.7. The van der Waals surface area contributed by atoms with Gasteiger partial charge in [0.25, 0.3) is 0 Å². The maximum absolute atomic E-state index is 10.9. The van der Waals surface area contributed by atoms with Crippen LogP contribution in [0.1, 0.15) is 29.7 Å². The van der Waals surface area contributed by atoms with Crippen molar-refractivity contribution in [3.63, 3.8) is 0 Å². The summed E-state index contributed by atoms with van der Waals surface area (Å²) < 4.78 is 0. The summed E-state index contributed by atoms with van der Waals surface area (Å²) in [7, 11) is 0. The molecule has 1 aliphatic heterocycles. The highest BCUT2D eigenvalue weighted by molar-refractivity contribution is 5.28. The van der Waals surface area contributed by atoms with E-state index in [0.717, 1.165) is 30.9 Å². The third kappa shape index (κ3) is 4.52. The molecule has 28 heavy (non-hydrogen) atoms. The molecule has 0 atom stereocenters. The molecule has 0 aliphatic carbocycles. The Labute approximate surface area is 165 Å². The summed E-state index contributed by atoms with van der Waals surface area (Å²) in [5.74, 6) is 0.635. The van der Waals surface area contributed by atoms with Gasteiger partial charge in [-0.25, -0.2) is 9.97 Å². The summed E-state index contributed by atoms with van der Waals surface area (Å²) in [6.07, 6.45) is 6.85. The van der Waals surface area contributed by atoms with Crippen LogP contribution >= 0.6 is 0 Å². The van der Waals surface area contributed by atoms with Gasteiger partial charge in [0.1, 0.15) is 5.60 Å². The van der Waals surface area contributed by atoms with Crippen LogP contribution in [0.3, 0.4) is 0 Å². The number of nitrogens with one attached hydrogen (secondary N) is 1. The Balaban J connectivity index is 1.28.